The molecule has 4 heterocycles. The Hall–Kier alpha value is -4.48. The first-order valence-electron chi connectivity index (χ1n) is 9.95. The van der Waals surface area contributed by atoms with Crippen molar-refractivity contribution in [2.75, 3.05) is 16.3 Å². The van der Waals surface area contributed by atoms with Gasteiger partial charge in [0.25, 0.3) is 5.91 Å². The number of nitrogens with zero attached hydrogens (tertiary/aromatic N) is 5. The SMILES string of the molecule is Cc1cc(N2C(=O)CN(c3cncc(C(F)(F)F)c3)C2=O)ccc1Oc1ccnc2nc[nH]c12. The van der Waals surface area contributed by atoms with Crippen LogP contribution in [0.4, 0.5) is 29.3 Å². The first-order valence-corrected chi connectivity index (χ1v) is 9.95. The van der Waals surface area contributed by atoms with Gasteiger partial charge in [-0.3, -0.25) is 14.7 Å². The summed E-state index contributed by atoms with van der Waals surface area (Å²) in [7, 11) is 0. The van der Waals surface area contributed by atoms with Gasteiger partial charge in [-0.05, 0) is 36.8 Å². The van der Waals surface area contributed by atoms with Crippen molar-refractivity contribution in [3.63, 3.8) is 0 Å². The predicted octanol–water partition coefficient (Wildman–Crippen LogP) is 4.45. The second-order valence-corrected chi connectivity index (χ2v) is 7.49. The van der Waals surface area contributed by atoms with Crippen LogP contribution in [0.25, 0.3) is 11.2 Å². The van der Waals surface area contributed by atoms with Gasteiger partial charge in [0.1, 0.15) is 17.8 Å². The largest absolute Gasteiger partial charge is 0.455 e. The van der Waals surface area contributed by atoms with E-state index in [0.717, 1.165) is 22.1 Å². The third kappa shape index (κ3) is 3.68. The third-order valence-electron chi connectivity index (χ3n) is 5.25. The molecule has 4 aromatic rings. The molecule has 1 N–H and O–H groups in total. The number of rotatable bonds is 4. The first-order chi connectivity index (χ1) is 16.2. The van der Waals surface area contributed by atoms with Crippen molar-refractivity contribution < 1.29 is 27.5 Å². The zero-order chi connectivity index (χ0) is 24.0. The Balaban J connectivity index is 1.41. The molecular formula is C22H15F3N6O3. The van der Waals surface area contributed by atoms with Gasteiger partial charge in [-0.2, -0.15) is 13.2 Å². The molecule has 3 amide bonds. The maximum Gasteiger partial charge on any atom is 0.417 e. The second kappa shape index (κ2) is 7.83. The molecule has 172 valence electrons. The van der Waals surface area contributed by atoms with Crippen molar-refractivity contribution >= 4 is 34.5 Å². The number of pyridine rings is 2. The van der Waals surface area contributed by atoms with Gasteiger partial charge >= 0.3 is 12.2 Å². The standard InChI is InChI=1S/C22H15F3N6O3/c1-12-6-14(2-3-16(12)34-17-4-5-27-20-19(17)28-11-29-20)31-18(32)10-30(21(31)33)15-7-13(8-26-9-15)22(23,24)25/h2-9,11H,10H2,1H3,(H,27,28,29). The van der Waals surface area contributed by atoms with Crippen LogP contribution >= 0.6 is 0 Å². The highest BCUT2D eigenvalue weighted by molar-refractivity contribution is 6.27. The normalized spacial score (nSPS) is 14.4. The van der Waals surface area contributed by atoms with Gasteiger partial charge < -0.3 is 9.72 Å². The molecule has 5 rings (SSSR count). The fourth-order valence-electron chi connectivity index (χ4n) is 3.60. The number of hydrogen-bond acceptors (Lipinski definition) is 6. The molecular weight excluding hydrogens is 453 g/mol. The first kappa shape index (κ1) is 21.4. The zero-order valence-corrected chi connectivity index (χ0v) is 17.5. The number of urea groups is 1. The van der Waals surface area contributed by atoms with E-state index >= 15 is 0 Å². The highest BCUT2D eigenvalue weighted by atomic mass is 19.4. The topological polar surface area (TPSA) is 104 Å². The van der Waals surface area contributed by atoms with E-state index in [1.807, 2.05) is 0 Å². The molecule has 34 heavy (non-hydrogen) atoms. The highest BCUT2D eigenvalue weighted by Gasteiger charge is 2.39. The van der Waals surface area contributed by atoms with E-state index in [1.54, 1.807) is 31.3 Å². The molecule has 0 radical (unpaired) electrons. The number of H-pyrrole nitrogens is 1. The van der Waals surface area contributed by atoms with Gasteiger partial charge in [-0.1, -0.05) is 0 Å². The number of carbonyl (C=O) groups is 2. The minimum atomic E-state index is -4.63. The molecule has 1 aliphatic heterocycles. The van der Waals surface area contributed by atoms with Crippen molar-refractivity contribution in [2.45, 2.75) is 13.1 Å². The maximum atomic E-state index is 13.0. The minimum absolute atomic E-state index is 0.117. The summed E-state index contributed by atoms with van der Waals surface area (Å²) in [5.41, 5.74) is 0.869. The molecule has 1 aromatic carbocycles. The summed E-state index contributed by atoms with van der Waals surface area (Å²) >= 11 is 0. The van der Waals surface area contributed by atoms with Crippen LogP contribution in [-0.4, -0.2) is 38.4 Å². The molecule has 0 spiro atoms. The van der Waals surface area contributed by atoms with Gasteiger partial charge in [-0.15, -0.1) is 0 Å². The monoisotopic (exact) mass is 468 g/mol. The molecule has 0 saturated carbocycles. The number of amides is 3. The second-order valence-electron chi connectivity index (χ2n) is 7.49. The molecule has 0 unspecified atom stereocenters. The Bertz CT molecular complexity index is 1430. The van der Waals surface area contributed by atoms with Gasteiger partial charge in [0.15, 0.2) is 11.4 Å². The van der Waals surface area contributed by atoms with Gasteiger partial charge in [0.05, 0.1) is 29.5 Å². The van der Waals surface area contributed by atoms with Crippen LogP contribution in [0, 0.1) is 6.92 Å². The van der Waals surface area contributed by atoms with E-state index in [0.29, 0.717) is 34.4 Å². The lowest BCUT2D eigenvalue weighted by atomic mass is 10.2. The molecule has 9 nitrogen and oxygen atoms in total. The third-order valence-corrected chi connectivity index (χ3v) is 5.25. The van der Waals surface area contributed by atoms with E-state index in [4.69, 9.17) is 4.74 Å². The zero-order valence-electron chi connectivity index (χ0n) is 17.5. The Morgan fingerprint density at radius 2 is 1.85 bits per heavy atom. The lowest BCUT2D eigenvalue weighted by Gasteiger charge is -2.19. The van der Waals surface area contributed by atoms with Crippen LogP contribution in [0.5, 0.6) is 11.5 Å². The summed E-state index contributed by atoms with van der Waals surface area (Å²) in [5, 5.41) is 0. The quantitative estimate of drug-likeness (QED) is 0.444. The van der Waals surface area contributed by atoms with Gasteiger partial charge in [-0.25, -0.2) is 19.7 Å². The summed E-state index contributed by atoms with van der Waals surface area (Å²) in [5.74, 6) is 0.391. The van der Waals surface area contributed by atoms with Crippen molar-refractivity contribution in [2.24, 2.45) is 0 Å². The van der Waals surface area contributed by atoms with Crippen LogP contribution < -0.4 is 14.5 Å². The fraction of sp³-hybridized carbons (Fsp3) is 0.136. The number of aryl methyl sites for hydroxylation is 1. The number of imidazole rings is 1. The summed E-state index contributed by atoms with van der Waals surface area (Å²) < 4.78 is 45.1. The molecule has 3 aromatic heterocycles. The number of benzene rings is 1. The molecule has 12 heteroatoms. The van der Waals surface area contributed by atoms with Crippen LogP contribution in [0.3, 0.4) is 0 Å². The summed E-state index contributed by atoms with van der Waals surface area (Å²) in [4.78, 5) is 42.2. The van der Waals surface area contributed by atoms with Crippen molar-refractivity contribution in [3.05, 3.63) is 66.4 Å². The molecule has 0 atom stereocenters. The molecule has 1 fully saturated rings. The number of nitrogens with one attached hydrogen (secondary N) is 1. The smallest absolute Gasteiger partial charge is 0.417 e. The van der Waals surface area contributed by atoms with Crippen LogP contribution in [0.1, 0.15) is 11.1 Å². The van der Waals surface area contributed by atoms with Crippen molar-refractivity contribution in [1.29, 1.82) is 0 Å². The van der Waals surface area contributed by atoms with Crippen LogP contribution in [0.2, 0.25) is 0 Å². The van der Waals surface area contributed by atoms with E-state index in [1.165, 1.54) is 12.4 Å². The van der Waals surface area contributed by atoms with Crippen molar-refractivity contribution in [3.8, 4) is 11.5 Å². The summed E-state index contributed by atoms with van der Waals surface area (Å²) in [6.07, 6.45) is 0.194. The predicted molar refractivity (Wildman–Crippen MR) is 115 cm³/mol. The van der Waals surface area contributed by atoms with Crippen molar-refractivity contribution in [1.82, 2.24) is 19.9 Å². The fourth-order valence-corrected chi connectivity index (χ4v) is 3.60. The maximum absolute atomic E-state index is 13.0. The lowest BCUT2D eigenvalue weighted by Crippen LogP contribution is -2.33. The number of halogens is 3. The average molecular weight is 468 g/mol. The number of fused-ring (bicyclic) bond motifs is 1. The van der Waals surface area contributed by atoms with E-state index in [-0.39, 0.29) is 11.4 Å². The molecule has 0 bridgehead atoms. The Labute approximate surface area is 189 Å². The number of anilines is 2. The summed E-state index contributed by atoms with van der Waals surface area (Å²) in [6.45, 7) is 1.33. The number of ether oxygens (including phenoxy) is 1. The van der Waals surface area contributed by atoms with E-state index in [2.05, 4.69) is 19.9 Å². The number of hydrogen-bond donors (Lipinski definition) is 1. The number of imide groups is 1. The molecule has 1 saturated heterocycles. The Morgan fingerprint density at radius 1 is 1.03 bits per heavy atom. The highest BCUT2D eigenvalue weighted by Crippen LogP contribution is 2.35. The molecule has 0 aliphatic carbocycles. The van der Waals surface area contributed by atoms with Crippen LogP contribution in [0.15, 0.2) is 55.2 Å². The van der Waals surface area contributed by atoms with Gasteiger partial charge in [0.2, 0.25) is 0 Å². The van der Waals surface area contributed by atoms with Crippen LogP contribution in [-0.2, 0) is 11.0 Å². The number of aromatic amines is 1. The number of carbonyl (C=O) groups excluding carboxylic acids is 2. The Kier molecular flexibility index (Phi) is 4.92. The lowest BCUT2D eigenvalue weighted by molar-refractivity contribution is -0.137. The Morgan fingerprint density at radius 3 is 2.62 bits per heavy atom. The molecule has 1 aliphatic rings. The van der Waals surface area contributed by atoms with Gasteiger partial charge in [0, 0.05) is 18.5 Å². The average Bonchev–Trinajstić information content (AvgIpc) is 3.39. The summed E-state index contributed by atoms with van der Waals surface area (Å²) in [6, 6.07) is 6.40. The number of alkyl halides is 3. The minimum Gasteiger partial charge on any atom is -0.455 e. The van der Waals surface area contributed by atoms with E-state index in [9.17, 15) is 22.8 Å². The van der Waals surface area contributed by atoms with E-state index < -0.39 is 30.2 Å². The number of aromatic nitrogens is 4.